The van der Waals surface area contributed by atoms with Crippen molar-refractivity contribution in [2.45, 2.75) is 13.3 Å². The Labute approximate surface area is 155 Å². The standard InChI is InChI=1S/C20H17N5O2/c1-3-16-21-17(19(26)13-9-11-15(27-2)12-10-13)18-20(22-16)25(24-23-18)14-7-5-4-6-8-14/h4-12H,3H2,1-2H3. The molecule has 2 aromatic carbocycles. The minimum absolute atomic E-state index is 0.222. The molecule has 0 aliphatic rings. The third kappa shape index (κ3) is 3.03. The molecule has 0 unspecified atom stereocenters. The van der Waals surface area contributed by atoms with Crippen LogP contribution in [0.5, 0.6) is 5.75 Å². The molecule has 134 valence electrons. The van der Waals surface area contributed by atoms with E-state index in [0.717, 1.165) is 5.69 Å². The Morgan fingerprint density at radius 3 is 2.44 bits per heavy atom. The topological polar surface area (TPSA) is 82.8 Å². The van der Waals surface area contributed by atoms with Crippen molar-refractivity contribution in [1.29, 1.82) is 0 Å². The molecule has 0 aliphatic carbocycles. The van der Waals surface area contributed by atoms with E-state index in [1.807, 2.05) is 37.3 Å². The van der Waals surface area contributed by atoms with Gasteiger partial charge in [-0.15, -0.1) is 5.10 Å². The van der Waals surface area contributed by atoms with Crippen molar-refractivity contribution in [2.24, 2.45) is 0 Å². The number of fused-ring (bicyclic) bond motifs is 1. The predicted octanol–water partition coefficient (Wildman–Crippen LogP) is 3.01. The molecule has 0 N–H and O–H groups in total. The Hall–Kier alpha value is -3.61. The highest BCUT2D eigenvalue weighted by Crippen LogP contribution is 2.21. The predicted molar refractivity (Wildman–Crippen MR) is 100 cm³/mol. The summed E-state index contributed by atoms with van der Waals surface area (Å²) in [4.78, 5) is 22.1. The fourth-order valence-electron chi connectivity index (χ4n) is 2.80. The van der Waals surface area contributed by atoms with Crippen molar-refractivity contribution in [1.82, 2.24) is 25.0 Å². The maximum Gasteiger partial charge on any atom is 0.213 e. The second kappa shape index (κ2) is 6.95. The SMILES string of the molecule is CCc1nc(C(=O)c2ccc(OC)cc2)c2nnn(-c3ccccc3)c2n1. The molecule has 0 radical (unpaired) electrons. The van der Waals surface area contributed by atoms with E-state index in [9.17, 15) is 4.79 Å². The molecule has 7 nitrogen and oxygen atoms in total. The van der Waals surface area contributed by atoms with Crippen LogP contribution in [0.25, 0.3) is 16.9 Å². The Balaban J connectivity index is 1.87. The van der Waals surface area contributed by atoms with Crippen molar-refractivity contribution >= 4 is 16.9 Å². The summed E-state index contributed by atoms with van der Waals surface area (Å²) in [6.45, 7) is 1.94. The van der Waals surface area contributed by atoms with Gasteiger partial charge in [0.1, 0.15) is 17.3 Å². The molecular formula is C20H17N5O2. The van der Waals surface area contributed by atoms with Crippen LogP contribution in [-0.4, -0.2) is 37.9 Å². The molecule has 0 fully saturated rings. The molecule has 4 rings (SSSR count). The number of methoxy groups -OCH3 is 1. The molecular weight excluding hydrogens is 342 g/mol. The number of para-hydroxylation sites is 1. The second-order valence-electron chi connectivity index (χ2n) is 5.91. The average Bonchev–Trinajstić information content (AvgIpc) is 3.17. The van der Waals surface area contributed by atoms with E-state index in [1.165, 1.54) is 0 Å². The van der Waals surface area contributed by atoms with Gasteiger partial charge in [0.2, 0.25) is 5.78 Å². The number of nitrogens with zero attached hydrogens (tertiary/aromatic N) is 5. The van der Waals surface area contributed by atoms with Gasteiger partial charge in [0.25, 0.3) is 0 Å². The molecule has 0 saturated carbocycles. The van der Waals surface area contributed by atoms with E-state index in [4.69, 9.17) is 4.74 Å². The van der Waals surface area contributed by atoms with Gasteiger partial charge in [-0.1, -0.05) is 30.3 Å². The fraction of sp³-hybridized carbons (Fsp3) is 0.150. The number of ether oxygens (including phenoxy) is 1. The Bertz CT molecular complexity index is 1100. The van der Waals surface area contributed by atoms with Gasteiger partial charge in [-0.25, -0.2) is 9.97 Å². The first-order chi connectivity index (χ1) is 13.2. The zero-order valence-electron chi connectivity index (χ0n) is 15.0. The van der Waals surface area contributed by atoms with Crippen LogP contribution in [0.15, 0.2) is 54.6 Å². The number of benzene rings is 2. The van der Waals surface area contributed by atoms with Gasteiger partial charge in [-0.3, -0.25) is 4.79 Å². The highest BCUT2D eigenvalue weighted by Gasteiger charge is 2.21. The number of rotatable bonds is 5. The Morgan fingerprint density at radius 2 is 1.78 bits per heavy atom. The normalized spacial score (nSPS) is 10.9. The summed E-state index contributed by atoms with van der Waals surface area (Å²) in [5.74, 6) is 1.03. The van der Waals surface area contributed by atoms with Crippen LogP contribution in [0.2, 0.25) is 0 Å². The smallest absolute Gasteiger partial charge is 0.213 e. The van der Waals surface area contributed by atoms with E-state index in [1.54, 1.807) is 36.1 Å². The first-order valence-electron chi connectivity index (χ1n) is 8.57. The molecule has 7 heteroatoms. The molecule has 4 aromatic rings. The summed E-state index contributed by atoms with van der Waals surface area (Å²) in [7, 11) is 1.58. The number of carbonyl (C=O) groups excluding carboxylic acids is 1. The number of hydrogen-bond acceptors (Lipinski definition) is 6. The number of carbonyl (C=O) groups is 1. The van der Waals surface area contributed by atoms with Crippen molar-refractivity contribution < 1.29 is 9.53 Å². The molecule has 0 saturated heterocycles. The maximum atomic E-state index is 13.1. The van der Waals surface area contributed by atoms with Crippen molar-refractivity contribution in [3.63, 3.8) is 0 Å². The summed E-state index contributed by atoms with van der Waals surface area (Å²) >= 11 is 0. The van der Waals surface area contributed by atoms with E-state index < -0.39 is 0 Å². The summed E-state index contributed by atoms with van der Waals surface area (Å²) in [6.07, 6.45) is 0.596. The molecule has 2 heterocycles. The van der Waals surface area contributed by atoms with Gasteiger partial charge in [0, 0.05) is 12.0 Å². The van der Waals surface area contributed by atoms with E-state index in [0.29, 0.717) is 34.7 Å². The second-order valence-corrected chi connectivity index (χ2v) is 5.91. The van der Waals surface area contributed by atoms with E-state index in [-0.39, 0.29) is 11.5 Å². The van der Waals surface area contributed by atoms with E-state index in [2.05, 4.69) is 20.3 Å². The van der Waals surface area contributed by atoms with Crippen molar-refractivity contribution in [3.05, 3.63) is 71.7 Å². The summed E-state index contributed by atoms with van der Waals surface area (Å²) in [5.41, 5.74) is 2.49. The van der Waals surface area contributed by atoms with Gasteiger partial charge in [0.15, 0.2) is 11.2 Å². The number of aromatic nitrogens is 5. The molecule has 2 aromatic heterocycles. The van der Waals surface area contributed by atoms with Gasteiger partial charge < -0.3 is 4.74 Å². The van der Waals surface area contributed by atoms with Crippen LogP contribution in [-0.2, 0) is 6.42 Å². The Kier molecular flexibility index (Phi) is 4.33. The van der Waals surface area contributed by atoms with Gasteiger partial charge in [0.05, 0.1) is 12.8 Å². The molecule has 0 amide bonds. The molecule has 0 bridgehead atoms. The van der Waals surface area contributed by atoms with Crippen LogP contribution in [0.3, 0.4) is 0 Å². The van der Waals surface area contributed by atoms with Gasteiger partial charge >= 0.3 is 0 Å². The van der Waals surface area contributed by atoms with Crippen LogP contribution in [0, 0.1) is 0 Å². The minimum Gasteiger partial charge on any atom is -0.497 e. The molecule has 0 atom stereocenters. The lowest BCUT2D eigenvalue weighted by molar-refractivity contribution is 0.103. The lowest BCUT2D eigenvalue weighted by atomic mass is 10.1. The summed E-state index contributed by atoms with van der Waals surface area (Å²) < 4.78 is 6.78. The van der Waals surface area contributed by atoms with Crippen LogP contribution in [0.1, 0.15) is 28.8 Å². The zero-order chi connectivity index (χ0) is 18.8. The third-order valence-electron chi connectivity index (χ3n) is 4.23. The highest BCUT2D eigenvalue weighted by atomic mass is 16.5. The molecule has 27 heavy (non-hydrogen) atoms. The quantitative estimate of drug-likeness (QED) is 0.510. The van der Waals surface area contributed by atoms with Crippen LogP contribution >= 0.6 is 0 Å². The summed E-state index contributed by atoms with van der Waals surface area (Å²) in [5, 5.41) is 8.39. The first kappa shape index (κ1) is 16.8. The zero-order valence-corrected chi connectivity index (χ0v) is 15.0. The Morgan fingerprint density at radius 1 is 1.04 bits per heavy atom. The lowest BCUT2D eigenvalue weighted by Gasteiger charge is -2.06. The van der Waals surface area contributed by atoms with Crippen molar-refractivity contribution in [2.75, 3.05) is 7.11 Å². The maximum absolute atomic E-state index is 13.1. The first-order valence-corrected chi connectivity index (χ1v) is 8.57. The number of aryl methyl sites for hydroxylation is 1. The van der Waals surface area contributed by atoms with Gasteiger partial charge in [-0.05, 0) is 36.4 Å². The monoisotopic (exact) mass is 359 g/mol. The minimum atomic E-state index is -0.222. The molecule has 0 aliphatic heterocycles. The number of hydrogen-bond donors (Lipinski definition) is 0. The number of ketones is 1. The third-order valence-corrected chi connectivity index (χ3v) is 4.23. The summed E-state index contributed by atoms with van der Waals surface area (Å²) in [6, 6.07) is 16.5. The van der Waals surface area contributed by atoms with E-state index >= 15 is 0 Å². The van der Waals surface area contributed by atoms with Gasteiger partial charge in [-0.2, -0.15) is 4.68 Å². The fourth-order valence-corrected chi connectivity index (χ4v) is 2.80. The van der Waals surface area contributed by atoms with Crippen LogP contribution in [0.4, 0.5) is 0 Å². The lowest BCUT2D eigenvalue weighted by Crippen LogP contribution is -2.09. The van der Waals surface area contributed by atoms with Crippen LogP contribution < -0.4 is 4.74 Å². The highest BCUT2D eigenvalue weighted by molar-refractivity contribution is 6.13. The average molecular weight is 359 g/mol. The largest absolute Gasteiger partial charge is 0.497 e. The van der Waals surface area contributed by atoms with Crippen molar-refractivity contribution in [3.8, 4) is 11.4 Å². The molecule has 0 spiro atoms.